The van der Waals surface area contributed by atoms with E-state index < -0.39 is 30.7 Å². The van der Waals surface area contributed by atoms with Crippen molar-refractivity contribution < 1.29 is 22.8 Å². The molecule has 22 heavy (non-hydrogen) atoms. The standard InChI is InChI=1S/C12H15F3N4O2S/c1-7-5-22-9(17-7)4-16-11(21)18-8-2-3-19(10(8)20)6-12(13,14)15/h5,8H,2-4,6H2,1H3,(H2,16,18,21)/t8-/m1/s1. The van der Waals surface area contributed by atoms with Crippen molar-refractivity contribution in [3.8, 4) is 0 Å². The number of hydrogen-bond acceptors (Lipinski definition) is 4. The molecule has 6 nitrogen and oxygen atoms in total. The van der Waals surface area contributed by atoms with Crippen molar-refractivity contribution in [3.05, 3.63) is 16.1 Å². The lowest BCUT2D eigenvalue weighted by Gasteiger charge is -2.18. The van der Waals surface area contributed by atoms with E-state index in [-0.39, 0.29) is 19.5 Å². The smallest absolute Gasteiger partial charge is 0.332 e. The number of carbonyl (C=O) groups is 2. The van der Waals surface area contributed by atoms with Gasteiger partial charge < -0.3 is 15.5 Å². The number of urea groups is 1. The van der Waals surface area contributed by atoms with Gasteiger partial charge in [-0.25, -0.2) is 9.78 Å². The van der Waals surface area contributed by atoms with Crippen LogP contribution in [0.2, 0.25) is 0 Å². The molecule has 2 rings (SSSR count). The summed E-state index contributed by atoms with van der Waals surface area (Å²) in [6.07, 6.45) is -4.27. The van der Waals surface area contributed by atoms with Gasteiger partial charge in [0.05, 0.1) is 6.54 Å². The number of alkyl halides is 3. The predicted molar refractivity (Wildman–Crippen MR) is 73.3 cm³/mol. The average Bonchev–Trinajstić information content (AvgIpc) is 2.95. The fourth-order valence-corrected chi connectivity index (χ4v) is 2.81. The SMILES string of the molecule is Cc1csc(CNC(=O)N[C@@H]2CCN(CC(F)(F)F)C2=O)n1. The molecule has 1 aromatic rings. The van der Waals surface area contributed by atoms with Crippen LogP contribution in [0, 0.1) is 6.92 Å². The first-order chi connectivity index (χ1) is 10.2. The van der Waals surface area contributed by atoms with Crippen LogP contribution in [0.15, 0.2) is 5.38 Å². The number of thiazole rings is 1. The molecule has 1 saturated heterocycles. The van der Waals surface area contributed by atoms with E-state index in [1.807, 2.05) is 12.3 Å². The highest BCUT2D eigenvalue weighted by atomic mass is 32.1. The summed E-state index contributed by atoms with van der Waals surface area (Å²) < 4.78 is 36.8. The number of likely N-dealkylation sites (tertiary alicyclic amines) is 1. The van der Waals surface area contributed by atoms with Crippen LogP contribution in [0.4, 0.5) is 18.0 Å². The zero-order valence-corrected chi connectivity index (χ0v) is 12.6. The average molecular weight is 336 g/mol. The van der Waals surface area contributed by atoms with Gasteiger partial charge in [0, 0.05) is 17.6 Å². The van der Waals surface area contributed by atoms with Crippen molar-refractivity contribution in [1.29, 1.82) is 0 Å². The van der Waals surface area contributed by atoms with Gasteiger partial charge in [-0.3, -0.25) is 4.79 Å². The molecule has 1 aromatic heterocycles. The Morgan fingerprint density at radius 1 is 1.55 bits per heavy atom. The number of rotatable bonds is 4. The fraction of sp³-hybridized carbons (Fsp3) is 0.583. The molecule has 0 saturated carbocycles. The van der Waals surface area contributed by atoms with Gasteiger partial charge in [0.15, 0.2) is 0 Å². The minimum atomic E-state index is -4.44. The maximum atomic E-state index is 12.3. The molecular weight excluding hydrogens is 321 g/mol. The summed E-state index contributed by atoms with van der Waals surface area (Å²) in [7, 11) is 0. The number of aromatic nitrogens is 1. The van der Waals surface area contributed by atoms with E-state index in [1.54, 1.807) is 0 Å². The molecule has 0 aliphatic carbocycles. The quantitative estimate of drug-likeness (QED) is 0.873. The van der Waals surface area contributed by atoms with Crippen LogP contribution in [0.25, 0.3) is 0 Å². The van der Waals surface area contributed by atoms with Gasteiger partial charge in [-0.1, -0.05) is 0 Å². The lowest BCUT2D eigenvalue weighted by atomic mass is 10.2. The van der Waals surface area contributed by atoms with Crippen LogP contribution in [0.1, 0.15) is 17.1 Å². The molecule has 0 aromatic carbocycles. The Balaban J connectivity index is 1.78. The largest absolute Gasteiger partial charge is 0.406 e. The van der Waals surface area contributed by atoms with Gasteiger partial charge in [-0.15, -0.1) is 11.3 Å². The summed E-state index contributed by atoms with van der Waals surface area (Å²) >= 11 is 1.39. The topological polar surface area (TPSA) is 74.3 Å². The van der Waals surface area contributed by atoms with Crippen LogP contribution in [-0.2, 0) is 11.3 Å². The zero-order chi connectivity index (χ0) is 16.3. The normalized spacial score (nSPS) is 18.6. The minimum Gasteiger partial charge on any atom is -0.332 e. The third-order valence-corrected chi connectivity index (χ3v) is 4.01. The summed E-state index contributed by atoms with van der Waals surface area (Å²) in [6.45, 7) is 0.725. The Bertz CT molecular complexity index is 561. The highest BCUT2D eigenvalue weighted by molar-refractivity contribution is 7.09. The van der Waals surface area contributed by atoms with Gasteiger partial charge in [-0.2, -0.15) is 13.2 Å². The molecule has 1 fully saturated rings. The lowest BCUT2D eigenvalue weighted by Crippen LogP contribution is -2.47. The monoisotopic (exact) mass is 336 g/mol. The first-order valence-electron chi connectivity index (χ1n) is 6.55. The van der Waals surface area contributed by atoms with Crippen LogP contribution in [0.3, 0.4) is 0 Å². The number of carbonyl (C=O) groups excluding carboxylic acids is 2. The van der Waals surface area contributed by atoms with Gasteiger partial charge in [0.2, 0.25) is 5.91 Å². The van der Waals surface area contributed by atoms with E-state index >= 15 is 0 Å². The van der Waals surface area contributed by atoms with Crippen molar-refractivity contribution in [2.75, 3.05) is 13.1 Å². The van der Waals surface area contributed by atoms with E-state index in [1.165, 1.54) is 11.3 Å². The van der Waals surface area contributed by atoms with Gasteiger partial charge in [0.25, 0.3) is 0 Å². The Labute approximate surface area is 128 Å². The zero-order valence-electron chi connectivity index (χ0n) is 11.7. The minimum absolute atomic E-state index is 0.0189. The molecule has 0 unspecified atom stereocenters. The summed E-state index contributed by atoms with van der Waals surface area (Å²) in [5, 5.41) is 7.47. The maximum Gasteiger partial charge on any atom is 0.406 e. The first-order valence-corrected chi connectivity index (χ1v) is 7.43. The van der Waals surface area contributed by atoms with Crippen LogP contribution < -0.4 is 10.6 Å². The van der Waals surface area contributed by atoms with Gasteiger partial charge >= 0.3 is 12.2 Å². The number of hydrogen-bond donors (Lipinski definition) is 2. The Morgan fingerprint density at radius 3 is 2.86 bits per heavy atom. The first kappa shape index (κ1) is 16.5. The van der Waals surface area contributed by atoms with E-state index in [0.717, 1.165) is 5.69 Å². The predicted octanol–water partition coefficient (Wildman–Crippen LogP) is 1.41. The second kappa shape index (κ2) is 6.51. The van der Waals surface area contributed by atoms with Crippen LogP contribution >= 0.6 is 11.3 Å². The van der Waals surface area contributed by atoms with Crippen LogP contribution in [0.5, 0.6) is 0 Å². The fourth-order valence-electron chi connectivity index (χ4n) is 2.10. The third-order valence-electron chi connectivity index (χ3n) is 3.04. The lowest BCUT2D eigenvalue weighted by molar-refractivity contribution is -0.157. The van der Waals surface area contributed by atoms with Crippen molar-refractivity contribution >= 4 is 23.3 Å². The maximum absolute atomic E-state index is 12.3. The van der Waals surface area contributed by atoms with Gasteiger partial charge in [0.1, 0.15) is 17.6 Å². The Morgan fingerprint density at radius 2 is 2.27 bits per heavy atom. The van der Waals surface area contributed by atoms with Crippen LogP contribution in [-0.4, -0.2) is 47.1 Å². The van der Waals surface area contributed by atoms with Crippen molar-refractivity contribution in [2.24, 2.45) is 0 Å². The number of amides is 3. The van der Waals surface area contributed by atoms with E-state index in [2.05, 4.69) is 15.6 Å². The van der Waals surface area contributed by atoms with Crippen molar-refractivity contribution in [2.45, 2.75) is 32.1 Å². The number of halogens is 3. The molecule has 3 amide bonds. The molecule has 122 valence electrons. The number of nitrogens with one attached hydrogen (secondary N) is 2. The molecular formula is C12H15F3N4O2S. The molecule has 1 aliphatic rings. The summed E-state index contributed by atoms with van der Waals surface area (Å²) in [5.41, 5.74) is 0.843. The van der Waals surface area contributed by atoms with E-state index in [4.69, 9.17) is 0 Å². The van der Waals surface area contributed by atoms with Crippen molar-refractivity contribution in [1.82, 2.24) is 20.5 Å². The molecule has 2 N–H and O–H groups in total. The second-order valence-electron chi connectivity index (χ2n) is 4.93. The summed E-state index contributed by atoms with van der Waals surface area (Å²) in [6, 6.07) is -1.51. The third kappa shape index (κ3) is 4.58. The van der Waals surface area contributed by atoms with E-state index in [0.29, 0.717) is 9.91 Å². The molecule has 1 atom stereocenters. The molecule has 2 heterocycles. The number of nitrogens with zero attached hydrogens (tertiary/aromatic N) is 2. The second-order valence-corrected chi connectivity index (χ2v) is 5.87. The highest BCUT2D eigenvalue weighted by Gasteiger charge is 2.39. The molecule has 0 bridgehead atoms. The molecule has 0 radical (unpaired) electrons. The Kier molecular flexibility index (Phi) is 4.89. The van der Waals surface area contributed by atoms with E-state index in [9.17, 15) is 22.8 Å². The summed E-state index contributed by atoms with van der Waals surface area (Å²) in [5.74, 6) is -0.711. The van der Waals surface area contributed by atoms with Gasteiger partial charge in [-0.05, 0) is 13.3 Å². The summed E-state index contributed by atoms with van der Waals surface area (Å²) in [4.78, 5) is 28.3. The number of aryl methyl sites for hydroxylation is 1. The Hall–Kier alpha value is -1.84. The molecule has 10 heteroatoms. The molecule has 1 aliphatic heterocycles. The highest BCUT2D eigenvalue weighted by Crippen LogP contribution is 2.20. The van der Waals surface area contributed by atoms with Crippen molar-refractivity contribution in [3.63, 3.8) is 0 Å². The molecule has 0 spiro atoms.